The molecule has 20 N–H and O–H groups in total. The van der Waals surface area contributed by atoms with E-state index in [1.165, 1.54) is 12.5 Å². The first-order valence-electron chi connectivity index (χ1n) is 24.2. The van der Waals surface area contributed by atoms with Crippen LogP contribution in [0.1, 0.15) is 75.5 Å². The molecule has 4 rings (SSSR count). The molecule has 0 unspecified atom stereocenters. The number of hydrogen-bond donors (Lipinski definition) is 16. The standard InChI is InChI=1S/C46H68N16O12S/c47-14-4-3-9-29(56-38(66)27(48)17-24-20-54-28-8-2-1-7-26(24)28)39(67)57-30(10-5-15-53-46(50)51)40(68)61-34(22-75)44(72)62-16-6-11-35(62)43(71)60-33(19-36(49)63)42(70)59-32(18-25-21-52-23-55-25)41(69)58-31(45(73)74)12-13-37(64)65/h1-2,7-8,20-21,23,27,29-35,54,75H,3-6,9-19,22,47-48H2,(H2,49,63)(H,52,55)(H,56,66)(H,57,67)(H,58,69)(H,59,70)(H,60,71)(H,61,68)(H,64,65)(H,73,74)(H4,50,51,53)/t27-,29-,30-,31-,32-,33-,34-,35-/m0/s1. The van der Waals surface area contributed by atoms with Crippen LogP contribution in [0.15, 0.2) is 48.0 Å². The van der Waals surface area contributed by atoms with Crippen LogP contribution in [0.25, 0.3) is 10.9 Å². The lowest BCUT2D eigenvalue weighted by Crippen LogP contribution is -2.60. The number of aliphatic imine (C=N–C) groups is 1. The predicted molar refractivity (Wildman–Crippen MR) is 274 cm³/mol. The maximum Gasteiger partial charge on any atom is 0.326 e. The topological polar surface area (TPSA) is 474 Å². The number of fused-ring (bicyclic) bond motifs is 1. The molecule has 28 nitrogen and oxygen atoms in total. The number of H-pyrrole nitrogens is 2. The van der Waals surface area contributed by atoms with E-state index in [-0.39, 0.29) is 69.7 Å². The van der Waals surface area contributed by atoms with Crippen molar-refractivity contribution < 1.29 is 58.2 Å². The fourth-order valence-electron chi connectivity index (χ4n) is 8.25. The van der Waals surface area contributed by atoms with Gasteiger partial charge in [-0.1, -0.05) is 18.2 Å². The number of guanidine groups is 1. The highest BCUT2D eigenvalue weighted by Crippen LogP contribution is 2.21. The zero-order chi connectivity index (χ0) is 55.2. The number of rotatable bonds is 32. The number of aromatic nitrogens is 3. The Labute approximate surface area is 436 Å². The van der Waals surface area contributed by atoms with Gasteiger partial charge in [-0.25, -0.2) is 9.78 Å². The lowest BCUT2D eigenvalue weighted by atomic mass is 10.0. The van der Waals surface area contributed by atoms with Crippen LogP contribution >= 0.6 is 12.6 Å². The molecule has 3 aromatic rings. The predicted octanol–water partition coefficient (Wildman–Crippen LogP) is -4.16. The number of aromatic amines is 2. The van der Waals surface area contributed by atoms with Gasteiger partial charge in [-0.15, -0.1) is 0 Å². The monoisotopic (exact) mass is 1070 g/mol. The second-order valence-corrected chi connectivity index (χ2v) is 18.2. The number of para-hydroxylation sites is 1. The minimum atomic E-state index is -1.73. The number of amides is 8. The van der Waals surface area contributed by atoms with Crippen LogP contribution in [0.5, 0.6) is 0 Å². The van der Waals surface area contributed by atoms with Gasteiger partial charge in [0.15, 0.2) is 5.96 Å². The van der Waals surface area contributed by atoms with E-state index in [0.717, 1.165) is 21.4 Å². The highest BCUT2D eigenvalue weighted by Gasteiger charge is 2.40. The molecule has 75 heavy (non-hydrogen) atoms. The number of carboxylic acids is 2. The summed E-state index contributed by atoms with van der Waals surface area (Å²) in [6.45, 7) is 0.382. The number of nitrogens with zero attached hydrogens (tertiary/aromatic N) is 3. The van der Waals surface area contributed by atoms with Crippen molar-refractivity contribution in [2.45, 2.75) is 125 Å². The van der Waals surface area contributed by atoms with Gasteiger partial charge in [-0.05, 0) is 76.0 Å². The number of primary amides is 1. The summed E-state index contributed by atoms with van der Waals surface area (Å²) in [5.41, 5.74) is 30.5. The van der Waals surface area contributed by atoms with Gasteiger partial charge in [0, 0.05) is 60.7 Å². The summed E-state index contributed by atoms with van der Waals surface area (Å²) in [5.74, 6) is -10.4. The van der Waals surface area contributed by atoms with Gasteiger partial charge in [0.1, 0.15) is 42.3 Å². The van der Waals surface area contributed by atoms with E-state index in [2.05, 4.69) is 64.5 Å². The van der Waals surface area contributed by atoms with E-state index < -0.39 is 127 Å². The third-order valence-corrected chi connectivity index (χ3v) is 12.5. The summed E-state index contributed by atoms with van der Waals surface area (Å²) < 4.78 is 0. The molecular weight excluding hydrogens is 1000 g/mol. The number of nitrogens with one attached hydrogen (secondary N) is 8. The number of carbonyl (C=O) groups is 10. The Balaban J connectivity index is 1.48. The minimum absolute atomic E-state index is 0.00804. The second-order valence-electron chi connectivity index (χ2n) is 17.9. The summed E-state index contributed by atoms with van der Waals surface area (Å²) in [4.78, 5) is 147. The summed E-state index contributed by atoms with van der Waals surface area (Å²) in [6, 6.07) is -3.63. The summed E-state index contributed by atoms with van der Waals surface area (Å²) in [6.07, 6.45) is 3.90. The summed E-state index contributed by atoms with van der Waals surface area (Å²) in [5, 5.41) is 34.6. The lowest BCUT2D eigenvalue weighted by Gasteiger charge is -2.30. The van der Waals surface area contributed by atoms with E-state index in [1.807, 2.05) is 24.3 Å². The number of carboxylic acid groups (broad SMARTS) is 2. The van der Waals surface area contributed by atoms with E-state index in [0.29, 0.717) is 25.1 Å². The number of aliphatic carboxylic acids is 2. The number of likely N-dealkylation sites (tertiary alicyclic amines) is 1. The molecule has 1 aliphatic rings. The highest BCUT2D eigenvalue weighted by molar-refractivity contribution is 7.80. The molecule has 29 heteroatoms. The summed E-state index contributed by atoms with van der Waals surface area (Å²) in [7, 11) is 0. The fraction of sp³-hybridized carbons (Fsp3) is 0.522. The van der Waals surface area contributed by atoms with Gasteiger partial charge >= 0.3 is 11.9 Å². The maximum absolute atomic E-state index is 14.2. The van der Waals surface area contributed by atoms with E-state index in [9.17, 15) is 53.1 Å². The fourth-order valence-corrected chi connectivity index (χ4v) is 8.50. The zero-order valence-corrected chi connectivity index (χ0v) is 42.0. The van der Waals surface area contributed by atoms with Crippen molar-refractivity contribution in [3.05, 3.63) is 54.2 Å². The molecule has 410 valence electrons. The van der Waals surface area contributed by atoms with Crippen molar-refractivity contribution in [3.63, 3.8) is 0 Å². The Morgan fingerprint density at radius 1 is 0.760 bits per heavy atom. The molecule has 0 aliphatic carbocycles. The van der Waals surface area contributed by atoms with Crippen LogP contribution in [0, 0.1) is 0 Å². The molecule has 1 aliphatic heterocycles. The Morgan fingerprint density at radius 2 is 1.39 bits per heavy atom. The van der Waals surface area contributed by atoms with E-state index >= 15 is 0 Å². The molecule has 1 saturated heterocycles. The van der Waals surface area contributed by atoms with Gasteiger partial charge in [0.05, 0.1) is 18.8 Å². The van der Waals surface area contributed by atoms with Crippen LogP contribution < -0.4 is 60.6 Å². The van der Waals surface area contributed by atoms with Crippen LogP contribution in [0.4, 0.5) is 0 Å². The summed E-state index contributed by atoms with van der Waals surface area (Å²) >= 11 is 4.32. The molecule has 8 atom stereocenters. The number of imidazole rings is 1. The van der Waals surface area contributed by atoms with Crippen LogP contribution in [-0.4, -0.2) is 169 Å². The average molecular weight is 1070 g/mol. The van der Waals surface area contributed by atoms with Crippen molar-refractivity contribution in [1.82, 2.24) is 51.8 Å². The molecule has 8 amide bonds. The van der Waals surface area contributed by atoms with Gasteiger partial charge in [0.2, 0.25) is 47.3 Å². The molecule has 0 spiro atoms. The van der Waals surface area contributed by atoms with Crippen LogP contribution in [0.2, 0.25) is 0 Å². The third-order valence-electron chi connectivity index (χ3n) is 12.2. The molecule has 3 heterocycles. The number of nitrogens with two attached hydrogens (primary N) is 5. The molecule has 1 fully saturated rings. The molecule has 2 aromatic heterocycles. The quantitative estimate of drug-likeness (QED) is 0.0122. The molecule has 1 aromatic carbocycles. The Bertz CT molecular complexity index is 2500. The first kappa shape index (κ1) is 59.8. The number of carbonyl (C=O) groups excluding carboxylic acids is 8. The van der Waals surface area contributed by atoms with Gasteiger partial charge < -0.3 is 85.6 Å². The third kappa shape index (κ3) is 18.9. The van der Waals surface area contributed by atoms with Crippen molar-refractivity contribution in [1.29, 1.82) is 0 Å². The second kappa shape index (κ2) is 29.8. The van der Waals surface area contributed by atoms with Crippen LogP contribution in [-0.2, 0) is 60.8 Å². The molecule has 0 radical (unpaired) electrons. The Morgan fingerprint density at radius 3 is 2.01 bits per heavy atom. The van der Waals surface area contributed by atoms with Crippen molar-refractivity contribution in [2.24, 2.45) is 33.7 Å². The molecule has 0 saturated carbocycles. The minimum Gasteiger partial charge on any atom is -0.481 e. The molecule has 0 bridgehead atoms. The smallest absolute Gasteiger partial charge is 0.326 e. The van der Waals surface area contributed by atoms with Crippen molar-refractivity contribution >= 4 is 88.7 Å². The number of benzene rings is 1. The average Bonchev–Trinajstić information content (AvgIpc) is 4.16. The van der Waals surface area contributed by atoms with Crippen LogP contribution in [0.3, 0.4) is 0 Å². The van der Waals surface area contributed by atoms with E-state index in [4.69, 9.17) is 33.8 Å². The number of unbranched alkanes of at least 4 members (excludes halogenated alkanes) is 1. The number of hydrogen-bond acceptors (Lipinski definition) is 15. The van der Waals surface area contributed by atoms with Crippen molar-refractivity contribution in [3.8, 4) is 0 Å². The van der Waals surface area contributed by atoms with Crippen molar-refractivity contribution in [2.75, 3.05) is 25.4 Å². The first-order chi connectivity index (χ1) is 35.7. The first-order valence-corrected chi connectivity index (χ1v) is 24.9. The number of thiol groups is 1. The van der Waals surface area contributed by atoms with Gasteiger partial charge in [0.25, 0.3) is 0 Å². The Hall–Kier alpha value is -7.79. The normalized spacial score (nSPS) is 15.9. The maximum atomic E-state index is 14.2. The largest absolute Gasteiger partial charge is 0.481 e. The van der Waals surface area contributed by atoms with E-state index in [1.54, 1.807) is 6.20 Å². The zero-order valence-electron chi connectivity index (χ0n) is 41.1. The van der Waals surface area contributed by atoms with Gasteiger partial charge in [-0.3, -0.25) is 48.1 Å². The van der Waals surface area contributed by atoms with Gasteiger partial charge in [-0.2, -0.15) is 12.6 Å². The lowest BCUT2D eigenvalue weighted by molar-refractivity contribution is -0.143. The Kier molecular flexibility index (Phi) is 23.7. The molecular formula is C46H68N16O12S. The highest BCUT2D eigenvalue weighted by atomic mass is 32.1. The SMILES string of the molecule is NCCCC[C@H](NC(=O)[C@@H](N)Cc1c[nH]c2ccccc12)C(=O)N[C@@H](CCCN=C(N)N)C(=O)N[C@@H](CS)C(=O)N1CCC[C@H]1C(=O)N[C@@H](CC(N)=O)C(=O)N[C@@H](Cc1cnc[nH]1)C(=O)N[C@@H](CCC(=O)O)C(=O)O.